The van der Waals surface area contributed by atoms with Crippen molar-refractivity contribution in [2.45, 2.75) is 50.5 Å². The standard InChI is InChI=1S/C17H21N3O2/c1-13(14-8-4-2-5-9-14)12-18-20-15(21)17(19-16(20)22)10-6-3-7-11-17/h2,4-5,8-9,12-13H,3,6-7,10-11H2,1H3,(H,19,22)/b18-12+. The van der Waals surface area contributed by atoms with Gasteiger partial charge < -0.3 is 5.32 Å². The van der Waals surface area contributed by atoms with E-state index in [9.17, 15) is 9.59 Å². The van der Waals surface area contributed by atoms with Gasteiger partial charge in [0.25, 0.3) is 5.91 Å². The number of nitrogens with zero attached hydrogens (tertiary/aromatic N) is 2. The minimum atomic E-state index is -0.706. The summed E-state index contributed by atoms with van der Waals surface area (Å²) in [5, 5.41) is 8.02. The van der Waals surface area contributed by atoms with E-state index in [1.165, 1.54) is 0 Å². The molecule has 1 unspecified atom stereocenters. The maximum absolute atomic E-state index is 12.6. The van der Waals surface area contributed by atoms with Crippen LogP contribution in [-0.4, -0.2) is 28.7 Å². The number of urea groups is 1. The Kier molecular flexibility index (Phi) is 3.96. The van der Waals surface area contributed by atoms with Gasteiger partial charge in [-0.25, -0.2) is 4.79 Å². The monoisotopic (exact) mass is 299 g/mol. The SMILES string of the molecule is CC(/C=N/N1C(=O)NC2(CCCCC2)C1=O)c1ccccc1. The Hall–Kier alpha value is -2.17. The Labute approximate surface area is 130 Å². The van der Waals surface area contributed by atoms with Gasteiger partial charge in [-0.15, -0.1) is 5.01 Å². The molecule has 3 rings (SSSR count). The summed E-state index contributed by atoms with van der Waals surface area (Å²) >= 11 is 0. The molecule has 1 spiro atoms. The minimum Gasteiger partial charge on any atom is -0.321 e. The predicted octanol–water partition coefficient (Wildman–Crippen LogP) is 3.03. The second kappa shape index (κ2) is 5.91. The molecular weight excluding hydrogens is 278 g/mol. The number of carbonyl (C=O) groups excluding carboxylic acids is 2. The Bertz CT molecular complexity index is 591. The zero-order valence-corrected chi connectivity index (χ0v) is 12.8. The molecule has 1 aromatic carbocycles. The Morgan fingerprint density at radius 3 is 2.55 bits per heavy atom. The lowest BCUT2D eigenvalue weighted by molar-refractivity contribution is -0.132. The van der Waals surface area contributed by atoms with Crippen LogP contribution in [0.5, 0.6) is 0 Å². The molecular formula is C17H21N3O2. The molecule has 116 valence electrons. The van der Waals surface area contributed by atoms with Crippen LogP contribution in [0.25, 0.3) is 0 Å². The van der Waals surface area contributed by atoms with Crippen LogP contribution in [-0.2, 0) is 4.79 Å². The summed E-state index contributed by atoms with van der Waals surface area (Å²) in [5.41, 5.74) is 0.397. The van der Waals surface area contributed by atoms with Gasteiger partial charge in [-0.3, -0.25) is 4.79 Å². The fraction of sp³-hybridized carbons (Fsp3) is 0.471. The van der Waals surface area contributed by atoms with Crippen LogP contribution in [0, 0.1) is 0 Å². The summed E-state index contributed by atoms with van der Waals surface area (Å²) in [4.78, 5) is 24.7. The van der Waals surface area contributed by atoms with E-state index in [2.05, 4.69) is 10.4 Å². The zero-order valence-electron chi connectivity index (χ0n) is 12.8. The Balaban J connectivity index is 1.73. The highest BCUT2D eigenvalue weighted by molar-refractivity contribution is 6.07. The fourth-order valence-corrected chi connectivity index (χ4v) is 3.21. The number of amides is 3. The number of benzene rings is 1. The maximum atomic E-state index is 12.6. The van der Waals surface area contributed by atoms with E-state index in [1.54, 1.807) is 6.21 Å². The van der Waals surface area contributed by atoms with E-state index in [1.807, 2.05) is 37.3 Å². The van der Waals surface area contributed by atoms with Gasteiger partial charge in [0.15, 0.2) is 0 Å². The van der Waals surface area contributed by atoms with Crippen molar-refractivity contribution in [2.75, 3.05) is 0 Å². The van der Waals surface area contributed by atoms with E-state index >= 15 is 0 Å². The molecule has 0 radical (unpaired) electrons. The summed E-state index contributed by atoms with van der Waals surface area (Å²) in [6.07, 6.45) is 6.18. The second-order valence-corrected chi connectivity index (χ2v) is 6.15. The summed E-state index contributed by atoms with van der Waals surface area (Å²) in [6.45, 7) is 1.99. The molecule has 5 nitrogen and oxygen atoms in total. The third-order valence-electron chi connectivity index (χ3n) is 4.58. The first-order valence-electron chi connectivity index (χ1n) is 7.88. The van der Waals surface area contributed by atoms with Crippen LogP contribution in [0.4, 0.5) is 4.79 Å². The van der Waals surface area contributed by atoms with Gasteiger partial charge in [-0.05, 0) is 18.4 Å². The molecule has 1 heterocycles. The summed E-state index contributed by atoms with van der Waals surface area (Å²) in [7, 11) is 0. The highest BCUT2D eigenvalue weighted by Crippen LogP contribution is 2.33. The van der Waals surface area contributed by atoms with E-state index in [4.69, 9.17) is 0 Å². The van der Waals surface area contributed by atoms with Crippen LogP contribution >= 0.6 is 0 Å². The molecule has 2 aliphatic rings. The normalized spacial score (nSPS) is 22.3. The van der Waals surface area contributed by atoms with E-state index < -0.39 is 11.6 Å². The van der Waals surface area contributed by atoms with Gasteiger partial charge in [0.05, 0.1) is 0 Å². The van der Waals surface area contributed by atoms with E-state index in [0.717, 1.165) is 42.7 Å². The molecule has 1 aromatic rings. The Morgan fingerprint density at radius 2 is 1.86 bits per heavy atom. The third-order valence-corrected chi connectivity index (χ3v) is 4.58. The average molecular weight is 299 g/mol. The molecule has 1 N–H and O–H groups in total. The van der Waals surface area contributed by atoms with Gasteiger partial charge in [0, 0.05) is 12.1 Å². The quantitative estimate of drug-likeness (QED) is 0.689. The topological polar surface area (TPSA) is 61.8 Å². The molecule has 1 saturated carbocycles. The number of hydrogen-bond donors (Lipinski definition) is 1. The molecule has 3 amide bonds. The lowest BCUT2D eigenvalue weighted by Crippen LogP contribution is -2.48. The molecule has 1 aliphatic carbocycles. The number of hydrazone groups is 1. The minimum absolute atomic E-state index is 0.0460. The van der Waals surface area contributed by atoms with Crippen molar-refractivity contribution < 1.29 is 9.59 Å². The van der Waals surface area contributed by atoms with Crippen LogP contribution in [0.1, 0.15) is 50.5 Å². The summed E-state index contributed by atoms with van der Waals surface area (Å²) in [5.74, 6) is -0.154. The van der Waals surface area contributed by atoms with Crippen LogP contribution in [0.3, 0.4) is 0 Å². The van der Waals surface area contributed by atoms with Crippen molar-refractivity contribution >= 4 is 18.2 Å². The van der Waals surface area contributed by atoms with Crippen LogP contribution in [0.15, 0.2) is 35.4 Å². The average Bonchev–Trinajstić information content (AvgIpc) is 2.77. The second-order valence-electron chi connectivity index (χ2n) is 6.15. The van der Waals surface area contributed by atoms with Crippen molar-refractivity contribution in [2.24, 2.45) is 5.10 Å². The summed E-state index contributed by atoms with van der Waals surface area (Å²) in [6, 6.07) is 9.49. The van der Waals surface area contributed by atoms with Gasteiger partial charge >= 0.3 is 6.03 Å². The van der Waals surface area contributed by atoms with Crippen molar-refractivity contribution in [3.8, 4) is 0 Å². The van der Waals surface area contributed by atoms with Gasteiger partial charge in [-0.2, -0.15) is 5.10 Å². The largest absolute Gasteiger partial charge is 0.346 e. The molecule has 22 heavy (non-hydrogen) atoms. The Morgan fingerprint density at radius 1 is 1.18 bits per heavy atom. The number of rotatable bonds is 3. The summed E-state index contributed by atoms with van der Waals surface area (Å²) < 4.78 is 0. The van der Waals surface area contributed by atoms with Gasteiger partial charge in [0.1, 0.15) is 5.54 Å². The zero-order chi connectivity index (χ0) is 15.6. The van der Waals surface area contributed by atoms with Gasteiger partial charge in [-0.1, -0.05) is 56.5 Å². The van der Waals surface area contributed by atoms with E-state index in [-0.39, 0.29) is 11.8 Å². The number of hydrogen-bond acceptors (Lipinski definition) is 3. The highest BCUT2D eigenvalue weighted by atomic mass is 16.2. The van der Waals surface area contributed by atoms with Crippen LogP contribution in [0.2, 0.25) is 0 Å². The van der Waals surface area contributed by atoms with Crippen LogP contribution < -0.4 is 5.32 Å². The first-order valence-corrected chi connectivity index (χ1v) is 7.88. The van der Waals surface area contributed by atoms with E-state index in [0.29, 0.717) is 0 Å². The lowest BCUT2D eigenvalue weighted by Gasteiger charge is -2.29. The highest BCUT2D eigenvalue weighted by Gasteiger charge is 2.51. The molecule has 0 bridgehead atoms. The molecule has 2 fully saturated rings. The van der Waals surface area contributed by atoms with Crippen molar-refractivity contribution in [3.05, 3.63) is 35.9 Å². The molecule has 5 heteroatoms. The number of nitrogens with one attached hydrogen (secondary N) is 1. The fourth-order valence-electron chi connectivity index (χ4n) is 3.21. The smallest absolute Gasteiger partial charge is 0.321 e. The van der Waals surface area contributed by atoms with Gasteiger partial charge in [0.2, 0.25) is 0 Å². The van der Waals surface area contributed by atoms with Crippen molar-refractivity contribution in [1.29, 1.82) is 0 Å². The molecule has 1 saturated heterocycles. The first-order chi connectivity index (χ1) is 10.6. The predicted molar refractivity (Wildman–Crippen MR) is 84.5 cm³/mol. The number of imide groups is 1. The molecule has 0 aromatic heterocycles. The molecule has 1 atom stereocenters. The first kappa shape index (κ1) is 14.8. The molecule has 1 aliphatic heterocycles. The van der Waals surface area contributed by atoms with Crippen molar-refractivity contribution in [3.63, 3.8) is 0 Å². The van der Waals surface area contributed by atoms with Crippen molar-refractivity contribution in [1.82, 2.24) is 10.3 Å². The number of carbonyl (C=O) groups is 2. The lowest BCUT2D eigenvalue weighted by atomic mass is 9.82. The third kappa shape index (κ3) is 2.63. The maximum Gasteiger partial charge on any atom is 0.346 e.